The average molecular weight is 291 g/mol. The van der Waals surface area contributed by atoms with Gasteiger partial charge in [-0.25, -0.2) is 0 Å². The summed E-state index contributed by atoms with van der Waals surface area (Å²) < 4.78 is 17.3. The van der Waals surface area contributed by atoms with Crippen LogP contribution in [0.4, 0.5) is 0 Å². The molecule has 116 valence electrons. The molecule has 2 aliphatic rings. The number of hydrogen-bond donors (Lipinski definition) is 1. The molecule has 1 aromatic rings. The highest BCUT2D eigenvalue weighted by Crippen LogP contribution is 2.31. The van der Waals surface area contributed by atoms with Crippen molar-refractivity contribution in [3.05, 3.63) is 23.8 Å². The lowest BCUT2D eigenvalue weighted by atomic mass is 10.1. The summed E-state index contributed by atoms with van der Waals surface area (Å²) in [5.74, 6) is 1.68. The number of ether oxygens (including phenoxy) is 3. The van der Waals surface area contributed by atoms with Gasteiger partial charge in [-0.3, -0.25) is 0 Å². The lowest BCUT2D eigenvalue weighted by molar-refractivity contribution is 0.00624. The average Bonchev–Trinajstić information content (AvgIpc) is 3.33. The minimum Gasteiger partial charge on any atom is -0.490 e. The minimum absolute atomic E-state index is 0.147. The lowest BCUT2D eigenvalue weighted by Gasteiger charge is -2.24. The van der Waals surface area contributed by atoms with Gasteiger partial charge in [0.2, 0.25) is 0 Å². The smallest absolute Gasteiger partial charge is 0.161 e. The normalized spacial score (nSPS) is 22.0. The Bertz CT molecular complexity index is 453. The molecular formula is C17H25NO3. The molecule has 21 heavy (non-hydrogen) atoms. The molecule has 1 aromatic carbocycles. The van der Waals surface area contributed by atoms with Crippen LogP contribution in [0, 0.1) is 0 Å². The first-order valence-electron chi connectivity index (χ1n) is 8.08. The predicted molar refractivity (Wildman–Crippen MR) is 81.9 cm³/mol. The molecule has 1 unspecified atom stereocenters. The highest BCUT2D eigenvalue weighted by molar-refractivity contribution is 5.43. The Labute approximate surface area is 126 Å². The van der Waals surface area contributed by atoms with Crippen molar-refractivity contribution in [3.63, 3.8) is 0 Å². The molecular weight excluding hydrogens is 266 g/mol. The third-order valence-electron chi connectivity index (χ3n) is 3.89. The summed E-state index contributed by atoms with van der Waals surface area (Å²) in [6.45, 7) is 5.08. The summed E-state index contributed by atoms with van der Waals surface area (Å²) >= 11 is 0. The Morgan fingerprint density at radius 2 is 2.14 bits per heavy atom. The second-order valence-electron chi connectivity index (χ2n) is 5.83. The van der Waals surface area contributed by atoms with Crippen LogP contribution in [0.3, 0.4) is 0 Å². The van der Waals surface area contributed by atoms with Crippen LogP contribution in [-0.4, -0.2) is 32.0 Å². The molecule has 1 N–H and O–H groups in total. The third kappa shape index (κ3) is 4.35. The van der Waals surface area contributed by atoms with Crippen molar-refractivity contribution in [2.75, 3.05) is 19.8 Å². The van der Waals surface area contributed by atoms with Crippen molar-refractivity contribution in [1.29, 1.82) is 0 Å². The van der Waals surface area contributed by atoms with Crippen LogP contribution >= 0.6 is 0 Å². The van der Waals surface area contributed by atoms with Gasteiger partial charge in [-0.2, -0.15) is 0 Å². The van der Waals surface area contributed by atoms with E-state index in [9.17, 15) is 0 Å². The number of benzene rings is 1. The van der Waals surface area contributed by atoms with E-state index in [0.29, 0.717) is 13.2 Å². The maximum Gasteiger partial charge on any atom is 0.161 e. The number of nitrogens with one attached hydrogen (secondary N) is 1. The van der Waals surface area contributed by atoms with Gasteiger partial charge in [-0.05, 0) is 50.3 Å². The van der Waals surface area contributed by atoms with Gasteiger partial charge in [0.1, 0.15) is 6.10 Å². The van der Waals surface area contributed by atoms with Crippen LogP contribution in [-0.2, 0) is 11.3 Å². The van der Waals surface area contributed by atoms with Crippen LogP contribution in [0.5, 0.6) is 11.5 Å². The summed E-state index contributed by atoms with van der Waals surface area (Å²) in [5.41, 5.74) is 1.25. The van der Waals surface area contributed by atoms with Crippen LogP contribution < -0.4 is 14.8 Å². The standard InChI is InChI=1S/C17H25NO3/c1-2-20-17-10-13(11-18-14-6-7-14)5-8-16(17)21-15-4-3-9-19-12-15/h5,8,10,14-15,18H,2-4,6-7,9,11-12H2,1H3. The van der Waals surface area contributed by atoms with Gasteiger partial charge in [0.05, 0.1) is 13.2 Å². The minimum atomic E-state index is 0.147. The van der Waals surface area contributed by atoms with Crippen molar-refractivity contribution < 1.29 is 14.2 Å². The van der Waals surface area contributed by atoms with Gasteiger partial charge in [0.25, 0.3) is 0 Å². The molecule has 1 atom stereocenters. The summed E-state index contributed by atoms with van der Waals surface area (Å²) in [4.78, 5) is 0. The zero-order valence-electron chi connectivity index (χ0n) is 12.8. The molecule has 0 radical (unpaired) electrons. The van der Waals surface area contributed by atoms with Gasteiger partial charge in [-0.1, -0.05) is 6.07 Å². The fourth-order valence-corrected chi connectivity index (χ4v) is 2.56. The van der Waals surface area contributed by atoms with Crippen LogP contribution in [0.2, 0.25) is 0 Å². The zero-order chi connectivity index (χ0) is 14.5. The van der Waals surface area contributed by atoms with Crippen molar-refractivity contribution in [1.82, 2.24) is 5.32 Å². The molecule has 1 aliphatic heterocycles. The zero-order valence-corrected chi connectivity index (χ0v) is 12.8. The van der Waals surface area contributed by atoms with E-state index >= 15 is 0 Å². The Balaban J connectivity index is 1.65. The van der Waals surface area contributed by atoms with E-state index in [0.717, 1.165) is 43.5 Å². The second-order valence-corrected chi connectivity index (χ2v) is 5.83. The lowest BCUT2D eigenvalue weighted by Crippen LogP contribution is -2.28. The largest absolute Gasteiger partial charge is 0.490 e. The van der Waals surface area contributed by atoms with E-state index in [1.54, 1.807) is 0 Å². The molecule has 4 heteroatoms. The topological polar surface area (TPSA) is 39.7 Å². The predicted octanol–water partition coefficient (Wildman–Crippen LogP) is 2.90. The fraction of sp³-hybridized carbons (Fsp3) is 0.647. The van der Waals surface area contributed by atoms with Gasteiger partial charge < -0.3 is 19.5 Å². The van der Waals surface area contributed by atoms with Crippen molar-refractivity contribution >= 4 is 0 Å². The molecule has 0 amide bonds. The fourth-order valence-electron chi connectivity index (χ4n) is 2.56. The summed E-state index contributed by atoms with van der Waals surface area (Å²) in [6.07, 6.45) is 4.88. The van der Waals surface area contributed by atoms with E-state index in [1.807, 2.05) is 13.0 Å². The van der Waals surface area contributed by atoms with E-state index < -0.39 is 0 Å². The van der Waals surface area contributed by atoms with Gasteiger partial charge in [0, 0.05) is 19.2 Å². The molecule has 1 saturated heterocycles. The molecule has 2 fully saturated rings. The highest BCUT2D eigenvalue weighted by Gasteiger charge is 2.21. The molecule has 1 heterocycles. The molecule has 3 rings (SSSR count). The Morgan fingerprint density at radius 3 is 2.86 bits per heavy atom. The second kappa shape index (κ2) is 7.14. The third-order valence-corrected chi connectivity index (χ3v) is 3.89. The molecule has 4 nitrogen and oxygen atoms in total. The molecule has 0 aromatic heterocycles. The maximum atomic E-state index is 6.06. The van der Waals surface area contributed by atoms with Gasteiger partial charge in [-0.15, -0.1) is 0 Å². The Morgan fingerprint density at radius 1 is 1.24 bits per heavy atom. The van der Waals surface area contributed by atoms with Crippen LogP contribution in [0.25, 0.3) is 0 Å². The summed E-state index contributed by atoms with van der Waals surface area (Å²) in [7, 11) is 0. The molecule has 1 saturated carbocycles. The first-order chi connectivity index (χ1) is 10.3. The molecule has 0 bridgehead atoms. The molecule has 1 aliphatic carbocycles. The first-order valence-corrected chi connectivity index (χ1v) is 8.08. The summed E-state index contributed by atoms with van der Waals surface area (Å²) in [6, 6.07) is 6.97. The molecule has 0 spiro atoms. The van der Waals surface area contributed by atoms with Crippen LogP contribution in [0.15, 0.2) is 18.2 Å². The van der Waals surface area contributed by atoms with E-state index in [4.69, 9.17) is 14.2 Å². The van der Waals surface area contributed by atoms with Crippen molar-refractivity contribution in [2.24, 2.45) is 0 Å². The SMILES string of the molecule is CCOc1cc(CNC2CC2)ccc1OC1CCCOC1. The van der Waals surface area contributed by atoms with Crippen LogP contribution in [0.1, 0.15) is 38.2 Å². The van der Waals surface area contributed by atoms with Gasteiger partial charge >= 0.3 is 0 Å². The van der Waals surface area contributed by atoms with E-state index in [2.05, 4.69) is 17.4 Å². The first kappa shape index (κ1) is 14.7. The van der Waals surface area contributed by atoms with E-state index in [1.165, 1.54) is 18.4 Å². The van der Waals surface area contributed by atoms with Crippen molar-refractivity contribution in [3.8, 4) is 11.5 Å². The van der Waals surface area contributed by atoms with E-state index in [-0.39, 0.29) is 6.10 Å². The monoisotopic (exact) mass is 291 g/mol. The number of hydrogen-bond acceptors (Lipinski definition) is 4. The Kier molecular flexibility index (Phi) is 4.99. The quantitative estimate of drug-likeness (QED) is 0.838. The maximum absolute atomic E-state index is 6.06. The summed E-state index contributed by atoms with van der Waals surface area (Å²) in [5, 5.41) is 3.53. The van der Waals surface area contributed by atoms with Gasteiger partial charge in [0.15, 0.2) is 11.5 Å². The Hall–Kier alpha value is -1.26. The number of rotatable bonds is 7. The highest BCUT2D eigenvalue weighted by atomic mass is 16.6. The van der Waals surface area contributed by atoms with Crippen molar-refractivity contribution in [2.45, 2.75) is 51.3 Å².